The first-order valence-electron chi connectivity index (χ1n) is 7.54. The molecule has 0 radical (unpaired) electrons. The summed E-state index contributed by atoms with van der Waals surface area (Å²) in [5.41, 5.74) is 1.76. The van der Waals surface area contributed by atoms with Crippen LogP contribution in [0.3, 0.4) is 0 Å². The van der Waals surface area contributed by atoms with Crippen LogP contribution in [0.15, 0.2) is 42.5 Å². The van der Waals surface area contributed by atoms with Crippen molar-refractivity contribution in [2.75, 3.05) is 13.7 Å². The molecular formula is C18H18F2N2O3. The van der Waals surface area contributed by atoms with Gasteiger partial charge in [-0.05, 0) is 35.4 Å². The van der Waals surface area contributed by atoms with E-state index in [1.54, 1.807) is 24.3 Å². The van der Waals surface area contributed by atoms with Gasteiger partial charge in [0.05, 0.1) is 18.8 Å². The summed E-state index contributed by atoms with van der Waals surface area (Å²) in [6, 6.07) is 13.2. The Morgan fingerprint density at radius 2 is 2.04 bits per heavy atom. The minimum Gasteiger partial charge on any atom is -0.495 e. The first-order chi connectivity index (χ1) is 12.0. The maximum Gasteiger partial charge on any atom is 0.387 e. The van der Waals surface area contributed by atoms with E-state index >= 15 is 0 Å². The number of nitrogens with one attached hydrogen (secondary N) is 1. The van der Waals surface area contributed by atoms with Crippen molar-refractivity contribution >= 4 is 0 Å². The third-order valence-electron chi connectivity index (χ3n) is 3.52. The summed E-state index contributed by atoms with van der Waals surface area (Å²) >= 11 is 0. The van der Waals surface area contributed by atoms with Crippen molar-refractivity contribution < 1.29 is 23.4 Å². The first kappa shape index (κ1) is 18.6. The number of aliphatic hydroxyl groups is 1. The Balaban J connectivity index is 1.92. The third kappa shape index (κ3) is 5.41. The lowest BCUT2D eigenvalue weighted by Gasteiger charge is -2.14. The average Bonchev–Trinajstić information content (AvgIpc) is 2.61. The van der Waals surface area contributed by atoms with E-state index in [9.17, 15) is 13.9 Å². The molecule has 0 heterocycles. The zero-order chi connectivity index (χ0) is 18.2. The molecule has 0 fully saturated rings. The summed E-state index contributed by atoms with van der Waals surface area (Å²) in [6.07, 6.45) is -0.880. The summed E-state index contributed by atoms with van der Waals surface area (Å²) in [7, 11) is 1.50. The second-order valence-electron chi connectivity index (χ2n) is 5.24. The predicted molar refractivity (Wildman–Crippen MR) is 87.4 cm³/mol. The minimum absolute atomic E-state index is 0.000339. The van der Waals surface area contributed by atoms with Gasteiger partial charge >= 0.3 is 6.61 Å². The maximum absolute atomic E-state index is 12.2. The van der Waals surface area contributed by atoms with E-state index < -0.39 is 12.7 Å². The Morgan fingerprint density at radius 1 is 1.24 bits per heavy atom. The lowest BCUT2D eigenvalue weighted by Crippen LogP contribution is -2.21. The van der Waals surface area contributed by atoms with Gasteiger partial charge in [0.25, 0.3) is 0 Å². The molecule has 1 atom stereocenters. The number of hydrogen-bond donors (Lipinski definition) is 2. The van der Waals surface area contributed by atoms with Crippen LogP contribution in [-0.4, -0.2) is 25.4 Å². The molecule has 5 nitrogen and oxygen atoms in total. The van der Waals surface area contributed by atoms with E-state index in [0.29, 0.717) is 23.4 Å². The normalized spacial score (nSPS) is 11.8. The summed E-state index contributed by atoms with van der Waals surface area (Å²) < 4.78 is 33.9. The molecule has 132 valence electrons. The fraction of sp³-hybridized carbons (Fsp3) is 0.278. The SMILES string of the molecule is COc1ccc(CNCC(O)c2cccc(OC(F)F)c2)cc1C#N. The lowest BCUT2D eigenvalue weighted by molar-refractivity contribution is -0.0499. The van der Waals surface area contributed by atoms with Gasteiger partial charge in [-0.1, -0.05) is 18.2 Å². The first-order valence-corrected chi connectivity index (χ1v) is 7.54. The number of aliphatic hydroxyl groups excluding tert-OH is 1. The summed E-state index contributed by atoms with van der Waals surface area (Å²) in [4.78, 5) is 0. The van der Waals surface area contributed by atoms with Gasteiger partial charge in [0, 0.05) is 13.1 Å². The van der Waals surface area contributed by atoms with Gasteiger partial charge in [-0.2, -0.15) is 14.0 Å². The Bertz CT molecular complexity index is 747. The fourth-order valence-corrected chi connectivity index (χ4v) is 2.32. The van der Waals surface area contributed by atoms with E-state index in [4.69, 9.17) is 10.00 Å². The van der Waals surface area contributed by atoms with E-state index in [2.05, 4.69) is 16.1 Å². The quantitative estimate of drug-likeness (QED) is 0.767. The van der Waals surface area contributed by atoms with Gasteiger partial charge in [0.2, 0.25) is 0 Å². The highest BCUT2D eigenvalue weighted by atomic mass is 19.3. The summed E-state index contributed by atoms with van der Waals surface area (Å²) in [5, 5.41) is 22.3. The van der Waals surface area contributed by atoms with Crippen LogP contribution in [0.4, 0.5) is 8.78 Å². The molecule has 2 aromatic carbocycles. The Labute approximate surface area is 144 Å². The number of halogens is 2. The number of ether oxygens (including phenoxy) is 2. The van der Waals surface area contributed by atoms with E-state index in [-0.39, 0.29) is 12.3 Å². The molecule has 2 aromatic rings. The topological polar surface area (TPSA) is 74.5 Å². The molecule has 0 bridgehead atoms. The highest BCUT2D eigenvalue weighted by Gasteiger charge is 2.11. The standard InChI is InChI=1S/C18H18F2N2O3/c1-24-17-6-5-12(7-14(17)9-21)10-22-11-16(23)13-3-2-4-15(8-13)25-18(19)20/h2-8,16,18,22-23H,10-11H2,1H3. The average molecular weight is 348 g/mol. The number of hydrogen-bond acceptors (Lipinski definition) is 5. The van der Waals surface area contributed by atoms with Crippen molar-refractivity contribution in [1.29, 1.82) is 5.26 Å². The van der Waals surface area contributed by atoms with Gasteiger partial charge in [-0.15, -0.1) is 0 Å². The Hall–Kier alpha value is -2.69. The molecule has 0 aromatic heterocycles. The highest BCUT2D eigenvalue weighted by molar-refractivity contribution is 5.45. The predicted octanol–water partition coefficient (Wildman–Crippen LogP) is 2.99. The molecule has 0 aliphatic heterocycles. The van der Waals surface area contributed by atoms with Crippen LogP contribution < -0.4 is 14.8 Å². The Kier molecular flexibility index (Phi) is 6.69. The molecule has 0 saturated carbocycles. The fourth-order valence-electron chi connectivity index (χ4n) is 2.32. The van der Waals surface area contributed by atoms with Crippen molar-refractivity contribution in [3.05, 3.63) is 59.2 Å². The van der Waals surface area contributed by atoms with Crippen LogP contribution in [0.2, 0.25) is 0 Å². The maximum atomic E-state index is 12.2. The van der Waals surface area contributed by atoms with Crippen molar-refractivity contribution in [3.63, 3.8) is 0 Å². The van der Waals surface area contributed by atoms with Crippen LogP contribution in [0, 0.1) is 11.3 Å². The second-order valence-corrected chi connectivity index (χ2v) is 5.24. The van der Waals surface area contributed by atoms with Gasteiger partial charge in [-0.3, -0.25) is 0 Å². The molecule has 7 heteroatoms. The van der Waals surface area contributed by atoms with Crippen LogP contribution >= 0.6 is 0 Å². The number of nitriles is 1. The monoisotopic (exact) mass is 348 g/mol. The van der Waals surface area contributed by atoms with Crippen LogP contribution in [0.25, 0.3) is 0 Å². The van der Waals surface area contributed by atoms with Gasteiger partial charge in [0.15, 0.2) is 0 Å². The summed E-state index contributed by atoms with van der Waals surface area (Å²) in [6.45, 7) is -2.26. The number of rotatable bonds is 8. The molecule has 0 aliphatic rings. The molecular weight excluding hydrogens is 330 g/mol. The largest absolute Gasteiger partial charge is 0.495 e. The molecule has 0 amide bonds. The van der Waals surface area contributed by atoms with E-state index in [0.717, 1.165) is 5.56 Å². The van der Waals surface area contributed by atoms with Crippen LogP contribution in [0.1, 0.15) is 22.8 Å². The second kappa shape index (κ2) is 8.97. The third-order valence-corrected chi connectivity index (χ3v) is 3.52. The van der Waals surface area contributed by atoms with Crippen molar-refractivity contribution in [2.24, 2.45) is 0 Å². The number of nitrogens with zero attached hydrogens (tertiary/aromatic N) is 1. The van der Waals surface area contributed by atoms with E-state index in [1.165, 1.54) is 19.2 Å². The van der Waals surface area contributed by atoms with Crippen molar-refractivity contribution in [1.82, 2.24) is 5.32 Å². The van der Waals surface area contributed by atoms with Gasteiger partial charge in [0.1, 0.15) is 17.6 Å². The molecule has 0 spiro atoms. The number of methoxy groups -OCH3 is 1. The van der Waals surface area contributed by atoms with Gasteiger partial charge in [-0.25, -0.2) is 0 Å². The molecule has 2 N–H and O–H groups in total. The zero-order valence-corrected chi connectivity index (χ0v) is 13.6. The van der Waals surface area contributed by atoms with Gasteiger partial charge < -0.3 is 19.9 Å². The zero-order valence-electron chi connectivity index (χ0n) is 13.6. The highest BCUT2D eigenvalue weighted by Crippen LogP contribution is 2.21. The molecule has 1 unspecified atom stereocenters. The molecule has 0 saturated heterocycles. The summed E-state index contributed by atoms with van der Waals surface area (Å²) in [5.74, 6) is 0.502. The van der Waals surface area contributed by atoms with Crippen LogP contribution in [0.5, 0.6) is 11.5 Å². The van der Waals surface area contributed by atoms with Crippen molar-refractivity contribution in [3.8, 4) is 17.6 Å². The molecule has 2 rings (SSSR count). The Morgan fingerprint density at radius 3 is 2.72 bits per heavy atom. The smallest absolute Gasteiger partial charge is 0.387 e. The van der Waals surface area contributed by atoms with Crippen molar-refractivity contribution in [2.45, 2.75) is 19.3 Å². The molecule has 0 aliphatic carbocycles. The number of benzene rings is 2. The molecule has 25 heavy (non-hydrogen) atoms. The van der Waals surface area contributed by atoms with Crippen LogP contribution in [-0.2, 0) is 6.54 Å². The van der Waals surface area contributed by atoms with E-state index in [1.807, 2.05) is 6.07 Å². The number of alkyl halides is 2. The lowest BCUT2D eigenvalue weighted by atomic mass is 10.1. The minimum atomic E-state index is -2.91.